The van der Waals surface area contributed by atoms with Crippen molar-refractivity contribution >= 4 is 10.0 Å². The van der Waals surface area contributed by atoms with E-state index >= 15 is 0 Å². The monoisotopic (exact) mass is 607 g/mol. The van der Waals surface area contributed by atoms with Gasteiger partial charge in [0.15, 0.2) is 0 Å². The number of nitrogens with one attached hydrogen (secondary N) is 1. The molecule has 42 heavy (non-hydrogen) atoms. The lowest BCUT2D eigenvalue weighted by molar-refractivity contribution is -0.137. The molecule has 1 spiro atoms. The second kappa shape index (κ2) is 11.9. The molecule has 5 rings (SSSR count). The molecule has 1 aliphatic heterocycles. The minimum absolute atomic E-state index is 0.00339. The maximum atomic E-state index is 13.4. The normalized spacial score (nSPS) is 27.0. The number of pyridine rings is 1. The van der Waals surface area contributed by atoms with Crippen LogP contribution in [-0.4, -0.2) is 78.2 Å². The number of benzene rings is 2. The number of alkyl halides is 3. The summed E-state index contributed by atoms with van der Waals surface area (Å²) in [5.74, 6) is 0.0404. The van der Waals surface area contributed by atoms with E-state index in [4.69, 9.17) is 4.74 Å². The molecular formula is C29H32F3N3O6S. The van der Waals surface area contributed by atoms with Crippen LogP contribution in [-0.2, 0) is 22.7 Å². The molecule has 4 N–H and O–H groups in total. The van der Waals surface area contributed by atoms with Crippen LogP contribution in [0.2, 0.25) is 0 Å². The largest absolute Gasteiger partial charge is 0.492 e. The molecule has 0 amide bonds. The molecule has 3 aromatic rings. The molecule has 1 aliphatic carbocycles. The maximum Gasteiger partial charge on any atom is 0.416 e. The van der Waals surface area contributed by atoms with E-state index in [1.54, 1.807) is 35.5 Å². The van der Waals surface area contributed by atoms with E-state index < -0.39 is 45.5 Å². The summed E-state index contributed by atoms with van der Waals surface area (Å²) in [5, 5.41) is 31.9. The number of aliphatic hydroxyl groups is 3. The highest BCUT2D eigenvalue weighted by atomic mass is 32.2. The van der Waals surface area contributed by atoms with Gasteiger partial charge in [0.1, 0.15) is 10.6 Å². The van der Waals surface area contributed by atoms with Crippen molar-refractivity contribution in [3.8, 4) is 16.9 Å². The Hall–Kier alpha value is -3.07. The second-order valence-electron chi connectivity index (χ2n) is 11.1. The van der Waals surface area contributed by atoms with Gasteiger partial charge in [-0.1, -0.05) is 30.3 Å². The van der Waals surface area contributed by atoms with Crippen LogP contribution >= 0.6 is 0 Å². The van der Waals surface area contributed by atoms with Gasteiger partial charge in [0.2, 0.25) is 10.0 Å². The van der Waals surface area contributed by atoms with Gasteiger partial charge in [-0.2, -0.15) is 13.2 Å². The molecule has 2 aromatic carbocycles. The summed E-state index contributed by atoms with van der Waals surface area (Å²) in [4.78, 5) is 5.67. The predicted octanol–water partition coefficient (Wildman–Crippen LogP) is 2.80. The average molecular weight is 608 g/mol. The first-order valence-corrected chi connectivity index (χ1v) is 14.9. The Morgan fingerprint density at radius 3 is 2.48 bits per heavy atom. The smallest absolute Gasteiger partial charge is 0.416 e. The molecule has 13 heteroatoms. The van der Waals surface area contributed by atoms with Gasteiger partial charge in [-0.25, -0.2) is 13.1 Å². The van der Waals surface area contributed by atoms with Gasteiger partial charge < -0.3 is 20.1 Å². The molecule has 0 bridgehead atoms. The number of aliphatic hydroxyl groups excluding tert-OH is 3. The molecule has 0 saturated heterocycles. The molecule has 2 aliphatic rings. The average Bonchev–Trinajstić information content (AvgIpc) is 3.22. The molecular weight excluding hydrogens is 575 g/mol. The van der Waals surface area contributed by atoms with Crippen molar-refractivity contribution in [3.63, 3.8) is 0 Å². The van der Waals surface area contributed by atoms with E-state index in [2.05, 4.69) is 9.71 Å². The molecule has 9 nitrogen and oxygen atoms in total. The number of aromatic nitrogens is 1. The van der Waals surface area contributed by atoms with Gasteiger partial charge in [0, 0.05) is 49.6 Å². The number of fused-ring (bicyclic) bond motifs is 1. The standard InChI is InChI=1S/C29H32F3N3O6S/c30-29(31,32)22-5-1-3-19(9-22)15-35-16-23(36)14-34-42(39,40)27-7-6-20(21-4-2-8-33-13-21)10-26(27)41-18-28(17-35)11-24(37)25(38)12-28/h1-10,13,23-25,34,36-38H,11-12,14-18H2/t23-,24-,25+,28?/m0/s1. The minimum Gasteiger partial charge on any atom is -0.492 e. The maximum absolute atomic E-state index is 13.4. The minimum atomic E-state index is -4.54. The summed E-state index contributed by atoms with van der Waals surface area (Å²) in [6.07, 6.45) is -4.46. The second-order valence-corrected chi connectivity index (χ2v) is 12.8. The summed E-state index contributed by atoms with van der Waals surface area (Å²) < 4.78 is 75.3. The van der Waals surface area contributed by atoms with E-state index in [1.165, 1.54) is 18.2 Å². The van der Waals surface area contributed by atoms with Crippen molar-refractivity contribution < 1.29 is 41.6 Å². The zero-order valence-electron chi connectivity index (χ0n) is 22.5. The first-order chi connectivity index (χ1) is 19.8. The van der Waals surface area contributed by atoms with Crippen LogP contribution in [0.4, 0.5) is 13.2 Å². The highest BCUT2D eigenvalue weighted by Crippen LogP contribution is 2.42. The van der Waals surface area contributed by atoms with Gasteiger partial charge >= 0.3 is 6.18 Å². The Balaban J connectivity index is 1.52. The van der Waals surface area contributed by atoms with Crippen LogP contribution in [0.5, 0.6) is 5.75 Å². The molecule has 0 radical (unpaired) electrons. The summed E-state index contributed by atoms with van der Waals surface area (Å²) in [5.41, 5.74) is -0.00170. The summed E-state index contributed by atoms with van der Waals surface area (Å²) in [6, 6.07) is 13.0. The van der Waals surface area contributed by atoms with Crippen LogP contribution in [0.1, 0.15) is 24.0 Å². The zero-order valence-corrected chi connectivity index (χ0v) is 23.4. The first-order valence-electron chi connectivity index (χ1n) is 13.4. The Morgan fingerprint density at radius 1 is 1.02 bits per heavy atom. The molecule has 2 heterocycles. The fourth-order valence-electron chi connectivity index (χ4n) is 5.73. The van der Waals surface area contributed by atoms with E-state index in [9.17, 15) is 36.9 Å². The van der Waals surface area contributed by atoms with Gasteiger partial charge in [0.25, 0.3) is 0 Å². The van der Waals surface area contributed by atoms with Crippen LogP contribution in [0, 0.1) is 5.41 Å². The quantitative estimate of drug-likeness (QED) is 0.358. The molecule has 1 aromatic heterocycles. The third-order valence-electron chi connectivity index (χ3n) is 7.69. The van der Waals surface area contributed by atoms with E-state index in [-0.39, 0.29) is 56.3 Å². The number of hydrogen-bond donors (Lipinski definition) is 4. The Kier molecular flexibility index (Phi) is 8.61. The summed E-state index contributed by atoms with van der Waals surface area (Å²) in [7, 11) is -4.15. The third kappa shape index (κ3) is 6.93. The summed E-state index contributed by atoms with van der Waals surface area (Å²) in [6.45, 7) is -0.388. The van der Waals surface area contributed by atoms with Gasteiger partial charge in [-0.3, -0.25) is 9.88 Å². The SMILES string of the molecule is O=S1(=O)NC[C@H](O)CN(Cc2cccc(C(F)(F)F)c2)CC2(COc3cc(-c4cccnc4)ccc31)C[C@@H](O)[C@@H](O)C2. The van der Waals surface area contributed by atoms with Crippen molar-refractivity contribution in [2.45, 2.75) is 48.8 Å². The van der Waals surface area contributed by atoms with Crippen molar-refractivity contribution in [3.05, 3.63) is 78.1 Å². The lowest BCUT2D eigenvalue weighted by Crippen LogP contribution is -2.46. The predicted molar refractivity (Wildman–Crippen MR) is 147 cm³/mol. The van der Waals surface area contributed by atoms with Crippen LogP contribution < -0.4 is 9.46 Å². The van der Waals surface area contributed by atoms with Crippen molar-refractivity contribution in [1.82, 2.24) is 14.6 Å². The van der Waals surface area contributed by atoms with E-state index in [0.717, 1.165) is 17.7 Å². The number of halogens is 3. The molecule has 1 unspecified atom stereocenters. The highest BCUT2D eigenvalue weighted by molar-refractivity contribution is 7.89. The lowest BCUT2D eigenvalue weighted by atomic mass is 9.85. The Bertz CT molecular complexity index is 1500. The fourth-order valence-corrected chi connectivity index (χ4v) is 6.93. The Labute approximate surface area is 241 Å². The van der Waals surface area contributed by atoms with E-state index in [1.807, 2.05) is 6.07 Å². The first kappa shape index (κ1) is 30.4. The third-order valence-corrected chi connectivity index (χ3v) is 9.15. The Morgan fingerprint density at radius 2 is 1.79 bits per heavy atom. The number of nitrogens with zero attached hydrogens (tertiary/aromatic N) is 2. The van der Waals surface area contributed by atoms with Gasteiger partial charge in [-0.05, 0) is 48.2 Å². The number of rotatable bonds is 3. The molecule has 4 atom stereocenters. The number of β-amino-alcohol motifs (C(OH)–C–C–N with tert-alkyl or cyclic N) is 1. The number of hydrogen-bond acceptors (Lipinski definition) is 8. The zero-order chi connectivity index (χ0) is 30.1. The number of ether oxygens (including phenoxy) is 1. The molecule has 226 valence electrons. The lowest BCUT2D eigenvalue weighted by Gasteiger charge is -2.37. The van der Waals surface area contributed by atoms with Crippen molar-refractivity contribution in [2.75, 3.05) is 26.2 Å². The topological polar surface area (TPSA) is 132 Å². The molecule has 1 saturated carbocycles. The van der Waals surface area contributed by atoms with Crippen molar-refractivity contribution in [2.24, 2.45) is 5.41 Å². The van der Waals surface area contributed by atoms with Crippen LogP contribution in [0.25, 0.3) is 11.1 Å². The van der Waals surface area contributed by atoms with Gasteiger partial charge in [0.05, 0.1) is 30.5 Å². The van der Waals surface area contributed by atoms with Gasteiger partial charge in [-0.15, -0.1) is 0 Å². The van der Waals surface area contributed by atoms with E-state index in [0.29, 0.717) is 11.1 Å². The number of sulfonamides is 1. The highest BCUT2D eigenvalue weighted by Gasteiger charge is 2.46. The molecule has 1 fully saturated rings. The fraction of sp³-hybridized carbons (Fsp3) is 0.414. The summed E-state index contributed by atoms with van der Waals surface area (Å²) >= 11 is 0. The van der Waals surface area contributed by atoms with Crippen LogP contribution in [0.3, 0.4) is 0 Å². The van der Waals surface area contributed by atoms with Crippen molar-refractivity contribution in [1.29, 1.82) is 0 Å². The van der Waals surface area contributed by atoms with Crippen LogP contribution in [0.15, 0.2) is 71.9 Å².